The van der Waals surface area contributed by atoms with Crippen LogP contribution in [0.1, 0.15) is 0 Å². The maximum atomic E-state index is 6.23. The quantitative estimate of drug-likeness (QED) is 0.353. The Labute approximate surface area is 253 Å². The number of aromatic nitrogens is 4. The van der Waals surface area contributed by atoms with E-state index in [4.69, 9.17) is 127 Å². The summed E-state index contributed by atoms with van der Waals surface area (Å²) in [6, 6.07) is 4.46. The topological polar surface area (TPSA) is 76.2 Å². The lowest BCUT2D eigenvalue weighted by Crippen LogP contribution is -2.86. The van der Waals surface area contributed by atoms with Gasteiger partial charge in [0.25, 0.3) is 0 Å². The predicted octanol–water partition coefficient (Wildman–Crippen LogP) is -4.78. The van der Waals surface area contributed by atoms with Crippen molar-refractivity contribution in [2.75, 3.05) is 4.90 Å². The van der Waals surface area contributed by atoms with Gasteiger partial charge in [0, 0.05) is 28.7 Å². The summed E-state index contributed by atoms with van der Waals surface area (Å²) >= 11 is 0. The van der Waals surface area contributed by atoms with Crippen molar-refractivity contribution < 1.29 is 9.47 Å². The minimum absolute atomic E-state index is 0.0441. The van der Waals surface area contributed by atoms with Crippen LogP contribution in [0.5, 0.6) is 5.88 Å². The van der Waals surface area contributed by atoms with Gasteiger partial charge in [0.1, 0.15) is 50.7 Å². The van der Waals surface area contributed by atoms with E-state index < -0.39 is 37.2 Å². The molecular formula is C18H6B15N5O2. The molecule has 3 aromatic heterocycles. The highest BCUT2D eigenvalue weighted by Crippen LogP contribution is 2.45. The summed E-state index contributed by atoms with van der Waals surface area (Å²) in [4.78, 5) is 9.31. The highest BCUT2D eigenvalue weighted by molar-refractivity contribution is 6.69. The highest BCUT2D eigenvalue weighted by atomic mass is 16.5. The Hall–Kier alpha value is -1.70. The normalized spacial score (nSPS) is 20.1. The van der Waals surface area contributed by atoms with Gasteiger partial charge in [-0.25, -0.2) is 9.97 Å². The summed E-state index contributed by atoms with van der Waals surface area (Å²) in [5.74, 6) is -0.202. The number of H-pyrrole nitrogens is 1. The van der Waals surface area contributed by atoms with Gasteiger partial charge in [0.15, 0.2) is 0 Å². The SMILES string of the molecule is [B]C([B])([B])C([B])(Oc1cc2c(-c3ccnc(N4C([B])([B])C([B])([B])OC([B])([B])C4([B])[B])c3)n[nH]c2cn1)C([B])([B])[B]. The number of aromatic amines is 1. The second-order valence-electron chi connectivity index (χ2n) is 9.92. The Morgan fingerprint density at radius 2 is 1.35 bits per heavy atom. The van der Waals surface area contributed by atoms with Crippen molar-refractivity contribution in [3.05, 3.63) is 30.6 Å². The number of anilines is 1. The van der Waals surface area contributed by atoms with E-state index in [0.717, 1.165) is 4.90 Å². The molecular weight excluding hydrogens is 480 g/mol. The molecule has 40 heavy (non-hydrogen) atoms. The Balaban J connectivity index is 1.82. The number of nitrogens with one attached hydrogen (secondary N) is 1. The van der Waals surface area contributed by atoms with Crippen LogP contribution in [0.2, 0.25) is 10.2 Å². The number of hydrogen-bond acceptors (Lipinski definition) is 6. The average Bonchev–Trinajstić information content (AvgIpc) is 3.19. The van der Waals surface area contributed by atoms with Gasteiger partial charge in [-0.2, -0.15) is 5.10 Å². The molecule has 160 valence electrons. The molecule has 1 N–H and O–H groups in total. The van der Waals surface area contributed by atoms with Gasteiger partial charge in [0.05, 0.1) is 90.2 Å². The van der Waals surface area contributed by atoms with Gasteiger partial charge in [-0.05, 0) is 33.6 Å². The van der Waals surface area contributed by atoms with Gasteiger partial charge >= 0.3 is 0 Å². The number of hydrogen-bond donors (Lipinski definition) is 1. The standard InChI is InChI=1S/C18H6B15N5O2/c19-12(13(20,21)22,14(23,24)25)39-10-4-7-8(5-35-10)36-37-11(7)6-1-2-34-9(3-6)38-15(26,27)17(30,31)40-18(32,33)16(38,28)29/h1-5H,(H,36,37). The molecule has 0 bridgehead atoms. The first-order chi connectivity index (χ1) is 18.0. The lowest BCUT2D eigenvalue weighted by molar-refractivity contribution is -0.0256. The number of rotatable bonds is 6. The van der Waals surface area contributed by atoms with Crippen LogP contribution < -0.4 is 9.64 Å². The maximum absolute atomic E-state index is 6.23. The number of nitrogens with zero attached hydrogens (tertiary/aromatic N) is 4. The molecule has 22 heteroatoms. The van der Waals surface area contributed by atoms with Gasteiger partial charge in [0.2, 0.25) is 5.88 Å². The summed E-state index contributed by atoms with van der Waals surface area (Å²) in [6.45, 7) is 0. The molecule has 0 spiro atoms. The Morgan fingerprint density at radius 1 is 0.800 bits per heavy atom. The Bertz CT molecular complexity index is 1400. The third-order valence-electron chi connectivity index (χ3n) is 6.55. The molecule has 1 aliphatic heterocycles. The molecule has 30 radical (unpaired) electrons. The third-order valence-corrected chi connectivity index (χ3v) is 6.55. The van der Waals surface area contributed by atoms with Gasteiger partial charge in [-0.3, -0.25) is 5.10 Å². The maximum Gasteiger partial charge on any atom is 0.213 e. The fourth-order valence-corrected chi connectivity index (χ4v) is 4.06. The first kappa shape index (κ1) is 31.2. The summed E-state index contributed by atoms with van der Waals surface area (Å²) in [5, 5.41) is -6.23. The van der Waals surface area contributed by atoms with Crippen molar-refractivity contribution in [1.29, 1.82) is 0 Å². The predicted molar refractivity (Wildman–Crippen MR) is 167 cm³/mol. The van der Waals surface area contributed by atoms with Crippen LogP contribution in [0.15, 0.2) is 30.6 Å². The van der Waals surface area contributed by atoms with Crippen LogP contribution in [0, 0.1) is 0 Å². The van der Waals surface area contributed by atoms with Crippen molar-refractivity contribution in [3.8, 4) is 17.1 Å². The molecule has 0 aromatic carbocycles. The molecule has 1 aliphatic rings. The van der Waals surface area contributed by atoms with Crippen molar-refractivity contribution in [1.82, 2.24) is 20.2 Å². The van der Waals surface area contributed by atoms with E-state index in [9.17, 15) is 0 Å². The molecule has 4 heterocycles. The van der Waals surface area contributed by atoms with Gasteiger partial charge in [-0.1, -0.05) is 0 Å². The fraction of sp³-hybridized carbons (Fsp3) is 0.389. The lowest BCUT2D eigenvalue weighted by atomic mass is 9.19. The van der Waals surface area contributed by atoms with Crippen LogP contribution in [0.25, 0.3) is 22.2 Å². The van der Waals surface area contributed by atoms with Crippen LogP contribution in [0.3, 0.4) is 0 Å². The zero-order chi connectivity index (χ0) is 30.3. The molecule has 0 amide bonds. The van der Waals surface area contributed by atoms with E-state index in [1.54, 1.807) is 6.07 Å². The third kappa shape index (κ3) is 4.78. The molecule has 3 aromatic rings. The van der Waals surface area contributed by atoms with E-state index in [2.05, 4.69) is 20.2 Å². The monoisotopic (exact) mass is 489 g/mol. The summed E-state index contributed by atoms with van der Waals surface area (Å²) in [6.07, 6.45) is 2.74. The molecule has 0 aliphatic carbocycles. The van der Waals surface area contributed by atoms with Gasteiger partial charge < -0.3 is 14.4 Å². The summed E-state index contributed by atoms with van der Waals surface area (Å²) in [7, 11) is 89.5. The number of pyridine rings is 2. The Kier molecular flexibility index (Phi) is 7.35. The number of fused-ring (bicyclic) bond motifs is 1. The van der Waals surface area contributed by atoms with E-state index in [-0.39, 0.29) is 11.7 Å². The second kappa shape index (κ2) is 9.40. The largest absolute Gasteiger partial charge is 0.485 e. The molecule has 0 saturated carbocycles. The number of morpholine rings is 1. The first-order valence-corrected chi connectivity index (χ1v) is 11.3. The summed E-state index contributed by atoms with van der Waals surface area (Å²) in [5.41, 5.74) is -1.19. The minimum atomic E-state index is -2.39. The highest BCUT2D eigenvalue weighted by Gasteiger charge is 2.57. The van der Waals surface area contributed by atoms with Crippen LogP contribution in [0.4, 0.5) is 5.82 Å². The van der Waals surface area contributed by atoms with E-state index >= 15 is 0 Å². The van der Waals surface area contributed by atoms with Crippen LogP contribution in [-0.2, 0) is 4.74 Å². The van der Waals surface area contributed by atoms with E-state index in [0.29, 0.717) is 22.2 Å². The van der Waals surface area contributed by atoms with E-state index in [1.807, 2.05) is 0 Å². The minimum Gasteiger partial charge on any atom is -0.485 e. The Morgan fingerprint density at radius 3 is 1.88 bits per heavy atom. The first-order valence-electron chi connectivity index (χ1n) is 11.3. The summed E-state index contributed by atoms with van der Waals surface area (Å²) < 4.78 is 10.9. The van der Waals surface area contributed by atoms with Crippen molar-refractivity contribution in [3.63, 3.8) is 0 Å². The lowest BCUT2D eigenvalue weighted by Gasteiger charge is -2.70. The fourth-order valence-electron chi connectivity index (χ4n) is 4.06. The van der Waals surface area contributed by atoms with Gasteiger partial charge in [-0.15, -0.1) is 10.2 Å². The van der Waals surface area contributed by atoms with Crippen molar-refractivity contribution in [2.24, 2.45) is 0 Å². The molecule has 1 fully saturated rings. The zero-order valence-corrected chi connectivity index (χ0v) is 21.2. The van der Waals surface area contributed by atoms with E-state index in [1.165, 1.54) is 24.5 Å². The zero-order valence-electron chi connectivity index (χ0n) is 21.2. The number of ether oxygens (including phenoxy) is 2. The molecule has 1 saturated heterocycles. The molecule has 0 atom stereocenters. The van der Waals surface area contributed by atoms with Crippen molar-refractivity contribution >= 4 is 134 Å². The molecule has 7 nitrogen and oxygen atoms in total. The van der Waals surface area contributed by atoms with Crippen molar-refractivity contribution in [2.45, 2.75) is 37.2 Å². The second-order valence-corrected chi connectivity index (χ2v) is 9.92. The van der Waals surface area contributed by atoms with Crippen LogP contribution in [-0.4, -0.2) is 165 Å². The molecule has 4 rings (SSSR count). The van der Waals surface area contributed by atoms with Crippen LogP contribution >= 0.6 is 0 Å². The smallest absolute Gasteiger partial charge is 0.213 e. The molecule has 0 unspecified atom stereocenters. The average molecular weight is 486 g/mol.